The summed E-state index contributed by atoms with van der Waals surface area (Å²) in [6.07, 6.45) is 1.38. The summed E-state index contributed by atoms with van der Waals surface area (Å²) in [5.74, 6) is -0.348. The van der Waals surface area contributed by atoms with Crippen LogP contribution in [0.4, 0.5) is 5.69 Å². The predicted octanol–water partition coefficient (Wildman–Crippen LogP) is 2.22. The van der Waals surface area contributed by atoms with Crippen LogP contribution in [-0.4, -0.2) is 44.8 Å². The molecule has 1 aliphatic rings. The molecular weight excluding hydrogens is 406 g/mol. The summed E-state index contributed by atoms with van der Waals surface area (Å²) >= 11 is 0. The lowest BCUT2D eigenvalue weighted by molar-refractivity contribution is -0.123. The topological polar surface area (TPSA) is 119 Å². The molecule has 0 aliphatic carbocycles. The minimum Gasteiger partial charge on any atom is -0.494 e. The van der Waals surface area contributed by atoms with Crippen molar-refractivity contribution in [3.05, 3.63) is 54.1 Å². The molecule has 1 aliphatic heterocycles. The Bertz CT molecular complexity index is 1000. The van der Waals surface area contributed by atoms with Gasteiger partial charge in [-0.3, -0.25) is 14.3 Å². The number of nitrogens with one attached hydrogen (secondary N) is 1. The molecule has 0 saturated carbocycles. The molecule has 1 heterocycles. The van der Waals surface area contributed by atoms with Crippen molar-refractivity contribution in [1.29, 1.82) is 0 Å². The molecule has 9 heteroatoms. The standard InChI is InChI=1S/C21H25N3O5S/c1-2-29-18-9-7-17(8-10-18)23-30(27,28)19-11-5-15(6-12-19)21(26)24-13-3-4-16(14-24)20(22)25/h5-12,16,23H,2-4,13-14H2,1H3,(H2,22,25). The number of primary amides is 1. The molecule has 3 N–H and O–H groups in total. The van der Waals surface area contributed by atoms with E-state index < -0.39 is 15.9 Å². The molecule has 0 bridgehead atoms. The lowest BCUT2D eigenvalue weighted by Crippen LogP contribution is -2.44. The van der Waals surface area contributed by atoms with E-state index in [9.17, 15) is 18.0 Å². The van der Waals surface area contributed by atoms with Crippen LogP contribution in [-0.2, 0) is 14.8 Å². The highest BCUT2D eigenvalue weighted by Crippen LogP contribution is 2.22. The molecule has 1 saturated heterocycles. The Balaban J connectivity index is 1.69. The molecule has 160 valence electrons. The summed E-state index contributed by atoms with van der Waals surface area (Å²) in [6, 6.07) is 12.3. The van der Waals surface area contributed by atoms with Gasteiger partial charge in [0.1, 0.15) is 5.75 Å². The number of nitrogens with zero attached hydrogens (tertiary/aromatic N) is 1. The van der Waals surface area contributed by atoms with Crippen molar-refractivity contribution < 1.29 is 22.7 Å². The van der Waals surface area contributed by atoms with E-state index in [1.54, 1.807) is 29.2 Å². The van der Waals surface area contributed by atoms with Gasteiger partial charge in [-0.15, -0.1) is 0 Å². The van der Waals surface area contributed by atoms with Gasteiger partial charge in [0.25, 0.3) is 15.9 Å². The largest absolute Gasteiger partial charge is 0.494 e. The number of carbonyl (C=O) groups is 2. The summed E-state index contributed by atoms with van der Waals surface area (Å²) in [5.41, 5.74) is 6.13. The number of ether oxygens (including phenoxy) is 1. The van der Waals surface area contributed by atoms with E-state index in [-0.39, 0.29) is 23.3 Å². The third-order valence-electron chi connectivity index (χ3n) is 4.94. The Hall–Kier alpha value is -3.07. The SMILES string of the molecule is CCOc1ccc(NS(=O)(=O)c2ccc(C(=O)N3CCCC(C(N)=O)C3)cc2)cc1. The van der Waals surface area contributed by atoms with Crippen molar-refractivity contribution in [1.82, 2.24) is 4.90 Å². The minimum atomic E-state index is -3.80. The van der Waals surface area contributed by atoms with Gasteiger partial charge in [-0.1, -0.05) is 0 Å². The number of likely N-dealkylation sites (tertiary alicyclic amines) is 1. The van der Waals surface area contributed by atoms with Crippen molar-refractivity contribution in [2.24, 2.45) is 11.7 Å². The zero-order valence-electron chi connectivity index (χ0n) is 16.7. The number of anilines is 1. The Labute approximate surface area is 176 Å². The second-order valence-electron chi connectivity index (χ2n) is 7.08. The summed E-state index contributed by atoms with van der Waals surface area (Å²) < 4.78 is 33.1. The van der Waals surface area contributed by atoms with Gasteiger partial charge in [0, 0.05) is 24.3 Å². The zero-order valence-corrected chi connectivity index (χ0v) is 17.5. The van der Waals surface area contributed by atoms with Crippen LogP contribution < -0.4 is 15.2 Å². The number of piperidine rings is 1. The Morgan fingerprint density at radius 1 is 1.13 bits per heavy atom. The van der Waals surface area contributed by atoms with Crippen LogP contribution in [0.2, 0.25) is 0 Å². The lowest BCUT2D eigenvalue weighted by atomic mass is 9.97. The molecule has 1 unspecified atom stereocenters. The maximum absolute atomic E-state index is 12.7. The summed E-state index contributed by atoms with van der Waals surface area (Å²) in [4.78, 5) is 25.7. The van der Waals surface area contributed by atoms with Crippen molar-refractivity contribution in [2.45, 2.75) is 24.7 Å². The molecule has 2 aromatic rings. The first kappa shape index (κ1) is 21.6. The van der Waals surface area contributed by atoms with E-state index in [0.29, 0.717) is 43.0 Å². The average molecular weight is 432 g/mol. The van der Waals surface area contributed by atoms with Crippen LogP contribution in [0.15, 0.2) is 53.4 Å². The third kappa shape index (κ3) is 5.10. The van der Waals surface area contributed by atoms with Crippen molar-refractivity contribution in [3.63, 3.8) is 0 Å². The minimum absolute atomic E-state index is 0.0431. The number of nitrogens with two attached hydrogens (primary N) is 1. The van der Waals surface area contributed by atoms with E-state index in [4.69, 9.17) is 10.5 Å². The van der Waals surface area contributed by atoms with Gasteiger partial charge < -0.3 is 15.4 Å². The molecule has 2 amide bonds. The van der Waals surface area contributed by atoms with Gasteiger partial charge in [-0.05, 0) is 68.3 Å². The second kappa shape index (κ2) is 9.17. The van der Waals surface area contributed by atoms with Crippen LogP contribution in [0.3, 0.4) is 0 Å². The summed E-state index contributed by atoms with van der Waals surface area (Å²) in [7, 11) is -3.80. The molecular formula is C21H25N3O5S. The van der Waals surface area contributed by atoms with E-state index in [1.165, 1.54) is 24.3 Å². The first-order chi connectivity index (χ1) is 14.3. The summed E-state index contributed by atoms with van der Waals surface area (Å²) in [6.45, 7) is 3.22. The van der Waals surface area contributed by atoms with Crippen molar-refractivity contribution in [3.8, 4) is 5.75 Å². The first-order valence-electron chi connectivity index (χ1n) is 9.74. The van der Waals surface area contributed by atoms with Crippen molar-refractivity contribution >= 4 is 27.5 Å². The smallest absolute Gasteiger partial charge is 0.261 e. The molecule has 1 atom stereocenters. The fraction of sp³-hybridized carbons (Fsp3) is 0.333. The molecule has 1 fully saturated rings. The van der Waals surface area contributed by atoms with Gasteiger partial charge in [-0.25, -0.2) is 8.42 Å². The Morgan fingerprint density at radius 3 is 2.40 bits per heavy atom. The van der Waals surface area contributed by atoms with Crippen LogP contribution in [0, 0.1) is 5.92 Å². The molecule has 8 nitrogen and oxygen atoms in total. The van der Waals surface area contributed by atoms with E-state index >= 15 is 0 Å². The Morgan fingerprint density at radius 2 is 1.80 bits per heavy atom. The highest BCUT2D eigenvalue weighted by molar-refractivity contribution is 7.92. The molecule has 2 aromatic carbocycles. The average Bonchev–Trinajstić information content (AvgIpc) is 2.75. The van der Waals surface area contributed by atoms with Gasteiger partial charge in [0.15, 0.2) is 0 Å². The van der Waals surface area contributed by atoms with Crippen LogP contribution in [0.25, 0.3) is 0 Å². The van der Waals surface area contributed by atoms with Gasteiger partial charge >= 0.3 is 0 Å². The number of rotatable bonds is 7. The number of hydrogen-bond donors (Lipinski definition) is 2. The van der Waals surface area contributed by atoms with E-state index in [1.807, 2.05) is 6.92 Å². The molecule has 0 aromatic heterocycles. The summed E-state index contributed by atoms with van der Waals surface area (Å²) in [5, 5.41) is 0. The van der Waals surface area contributed by atoms with E-state index in [0.717, 1.165) is 0 Å². The normalized spacial score (nSPS) is 16.7. The Kier molecular flexibility index (Phi) is 6.61. The van der Waals surface area contributed by atoms with Crippen LogP contribution in [0.1, 0.15) is 30.1 Å². The maximum Gasteiger partial charge on any atom is 0.261 e. The number of carbonyl (C=O) groups excluding carboxylic acids is 2. The quantitative estimate of drug-likeness (QED) is 0.697. The zero-order chi connectivity index (χ0) is 21.7. The fourth-order valence-corrected chi connectivity index (χ4v) is 4.41. The first-order valence-corrected chi connectivity index (χ1v) is 11.2. The highest BCUT2D eigenvalue weighted by Gasteiger charge is 2.27. The molecule has 0 radical (unpaired) electrons. The molecule has 3 rings (SSSR count). The molecule has 0 spiro atoms. The lowest BCUT2D eigenvalue weighted by Gasteiger charge is -2.31. The molecule has 30 heavy (non-hydrogen) atoms. The fourth-order valence-electron chi connectivity index (χ4n) is 3.35. The van der Waals surface area contributed by atoms with Crippen molar-refractivity contribution in [2.75, 3.05) is 24.4 Å². The third-order valence-corrected chi connectivity index (χ3v) is 6.34. The predicted molar refractivity (Wildman–Crippen MR) is 113 cm³/mol. The monoisotopic (exact) mass is 431 g/mol. The number of benzene rings is 2. The maximum atomic E-state index is 12.7. The van der Waals surface area contributed by atoms with Crippen LogP contribution in [0.5, 0.6) is 5.75 Å². The second-order valence-corrected chi connectivity index (χ2v) is 8.76. The van der Waals surface area contributed by atoms with Gasteiger partial charge in [-0.2, -0.15) is 0 Å². The van der Waals surface area contributed by atoms with E-state index in [2.05, 4.69) is 4.72 Å². The number of amides is 2. The number of sulfonamides is 1. The van der Waals surface area contributed by atoms with Gasteiger partial charge in [0.2, 0.25) is 5.91 Å². The number of hydrogen-bond acceptors (Lipinski definition) is 5. The van der Waals surface area contributed by atoms with Gasteiger partial charge in [0.05, 0.1) is 17.4 Å². The highest BCUT2D eigenvalue weighted by atomic mass is 32.2. The van der Waals surface area contributed by atoms with Crippen LogP contribution >= 0.6 is 0 Å².